The fourth-order valence-corrected chi connectivity index (χ4v) is 3.08. The Balaban J connectivity index is 2.62. The molecule has 18 heavy (non-hydrogen) atoms. The summed E-state index contributed by atoms with van der Waals surface area (Å²) < 4.78 is 24.0. The molecule has 6 heteroatoms. The molecule has 94 valence electrons. The number of rotatable bonds is 3. The quantitative estimate of drug-likeness (QED) is 0.636. The summed E-state index contributed by atoms with van der Waals surface area (Å²) in [6, 6.07) is 10.2. The van der Waals surface area contributed by atoms with Crippen LogP contribution in [-0.2, 0) is 3.93 Å². The number of alkyl halides is 3. The largest absolute Gasteiger partial charge is 0.365 e. The number of amides is 1. The average molecular weight is 379 g/mol. The molecule has 2 rings (SSSR count). The molecule has 2 aromatic rings. The summed E-state index contributed by atoms with van der Waals surface area (Å²) in [7, 11) is 0. The van der Waals surface area contributed by atoms with E-state index >= 15 is 0 Å². The van der Waals surface area contributed by atoms with Crippen molar-refractivity contribution in [3.8, 4) is 11.1 Å². The maximum absolute atomic E-state index is 13.5. The van der Waals surface area contributed by atoms with E-state index in [2.05, 4.69) is 0 Å². The van der Waals surface area contributed by atoms with E-state index in [1.54, 1.807) is 30.3 Å². The number of nitrogens with two attached hydrogens (primary N) is 1. The molecule has 0 spiro atoms. The van der Waals surface area contributed by atoms with Crippen molar-refractivity contribution in [3.63, 3.8) is 0 Å². The summed E-state index contributed by atoms with van der Waals surface area (Å²) in [5, 5.41) is 0. The number of benzene rings is 1. The number of hydrogen-bond donors (Lipinski definition) is 1. The number of carbonyl (C=O) groups excluding carboxylic acids is 1. The van der Waals surface area contributed by atoms with Gasteiger partial charge in [0.15, 0.2) is 0 Å². The Morgan fingerprint density at radius 1 is 1.28 bits per heavy atom. The molecule has 0 unspecified atom stereocenters. The lowest BCUT2D eigenvalue weighted by atomic mass is 10.1. The molecule has 0 saturated carbocycles. The summed E-state index contributed by atoms with van der Waals surface area (Å²) >= 11 is 1.79. The van der Waals surface area contributed by atoms with Crippen LogP contribution in [0.4, 0.5) is 8.78 Å². The highest BCUT2D eigenvalue weighted by Crippen LogP contribution is 2.45. The van der Waals surface area contributed by atoms with Gasteiger partial charge in [0.05, 0.1) is 9.75 Å². The van der Waals surface area contributed by atoms with Gasteiger partial charge in [-0.1, -0.05) is 30.3 Å². The number of carbonyl (C=O) groups is 1. The van der Waals surface area contributed by atoms with E-state index in [1.165, 1.54) is 6.07 Å². The molecule has 1 amide bonds. The summed E-state index contributed by atoms with van der Waals surface area (Å²) in [5.74, 6) is -0.691. The van der Waals surface area contributed by atoms with E-state index < -0.39 is 9.84 Å². The van der Waals surface area contributed by atoms with E-state index in [4.69, 9.17) is 5.73 Å². The Kier molecular flexibility index (Phi) is 3.67. The van der Waals surface area contributed by atoms with Crippen molar-refractivity contribution in [2.24, 2.45) is 5.73 Å². The number of primary amides is 1. The molecule has 0 fully saturated rings. The Morgan fingerprint density at radius 3 is 2.39 bits per heavy atom. The molecule has 0 atom stereocenters. The van der Waals surface area contributed by atoms with Crippen LogP contribution in [0, 0.1) is 0 Å². The van der Waals surface area contributed by atoms with Gasteiger partial charge in [-0.05, 0) is 11.6 Å². The average Bonchev–Trinajstić information content (AvgIpc) is 2.74. The maximum atomic E-state index is 13.5. The van der Waals surface area contributed by atoms with Crippen LogP contribution in [0.5, 0.6) is 0 Å². The predicted octanol–water partition coefficient (Wildman–Crippen LogP) is 4.00. The number of hydrogen-bond acceptors (Lipinski definition) is 2. The summed E-state index contributed by atoms with van der Waals surface area (Å²) in [4.78, 5) is 11.1. The first-order valence-electron chi connectivity index (χ1n) is 4.96. The van der Waals surface area contributed by atoms with Crippen LogP contribution in [0.2, 0.25) is 0 Å². The first-order chi connectivity index (χ1) is 8.39. The van der Waals surface area contributed by atoms with Crippen LogP contribution in [0.15, 0.2) is 36.4 Å². The smallest absolute Gasteiger partial charge is 0.331 e. The van der Waals surface area contributed by atoms with Crippen LogP contribution in [0.3, 0.4) is 0 Å². The second-order valence-electron chi connectivity index (χ2n) is 3.58. The molecule has 2 nitrogen and oxygen atoms in total. The highest BCUT2D eigenvalue weighted by Gasteiger charge is 2.33. The Labute approximate surface area is 120 Å². The first kappa shape index (κ1) is 13.4. The zero-order chi connectivity index (χ0) is 13.3. The third kappa shape index (κ3) is 2.69. The molecule has 0 radical (unpaired) electrons. The fraction of sp³-hybridized carbons (Fsp3) is 0.0833. The lowest BCUT2D eigenvalue weighted by Gasteiger charge is -2.09. The van der Waals surface area contributed by atoms with Crippen LogP contribution in [0.1, 0.15) is 14.5 Å². The van der Waals surface area contributed by atoms with E-state index in [0.717, 1.165) is 33.9 Å². The minimum absolute atomic E-state index is 0.139. The van der Waals surface area contributed by atoms with Crippen molar-refractivity contribution in [3.05, 3.63) is 46.2 Å². The first-order valence-corrected chi connectivity index (χ1v) is 6.85. The lowest BCUT2D eigenvalue weighted by Crippen LogP contribution is -2.08. The van der Waals surface area contributed by atoms with Crippen LogP contribution in [-0.4, -0.2) is 5.91 Å². The molecule has 1 aromatic carbocycles. The van der Waals surface area contributed by atoms with Gasteiger partial charge < -0.3 is 5.73 Å². The number of thiophene rings is 1. The van der Waals surface area contributed by atoms with Gasteiger partial charge in [0.25, 0.3) is 5.91 Å². The van der Waals surface area contributed by atoms with E-state index in [1.807, 2.05) is 0 Å². The van der Waals surface area contributed by atoms with Gasteiger partial charge in [-0.15, -0.1) is 11.3 Å². The van der Waals surface area contributed by atoms with E-state index in [0.29, 0.717) is 11.1 Å². The monoisotopic (exact) mass is 379 g/mol. The standard InChI is InChI=1S/C12H8F2INOS/c13-12(14,15)10-8(6-9(18-10)11(16)17)7-4-2-1-3-5-7/h1-6H,(H2,16,17). The Bertz CT molecular complexity index is 578. The molecular weight excluding hydrogens is 371 g/mol. The van der Waals surface area contributed by atoms with Gasteiger partial charge in [0.2, 0.25) is 0 Å². The van der Waals surface area contributed by atoms with Gasteiger partial charge in [0.1, 0.15) is 0 Å². The van der Waals surface area contributed by atoms with Gasteiger partial charge in [-0.2, -0.15) is 8.78 Å². The van der Waals surface area contributed by atoms with Gasteiger partial charge in [-0.25, -0.2) is 0 Å². The van der Waals surface area contributed by atoms with Crippen molar-refractivity contribution in [1.82, 2.24) is 0 Å². The topological polar surface area (TPSA) is 43.1 Å². The molecule has 0 saturated heterocycles. The fourth-order valence-electron chi connectivity index (χ4n) is 1.56. The molecular formula is C12H8F2INOS. The summed E-state index contributed by atoms with van der Waals surface area (Å²) in [6.45, 7) is 0. The predicted molar refractivity (Wildman–Crippen MR) is 76.2 cm³/mol. The molecule has 0 aliphatic rings. The normalized spacial score (nSPS) is 11.5. The summed E-state index contributed by atoms with van der Waals surface area (Å²) in [5.41, 5.74) is 6.14. The van der Waals surface area contributed by atoms with Gasteiger partial charge >= 0.3 is 3.93 Å². The van der Waals surface area contributed by atoms with Crippen molar-refractivity contribution in [2.75, 3.05) is 0 Å². The molecule has 0 aliphatic carbocycles. The highest BCUT2D eigenvalue weighted by molar-refractivity contribution is 14.1. The van der Waals surface area contributed by atoms with Crippen LogP contribution in [0.25, 0.3) is 11.1 Å². The molecule has 1 aromatic heterocycles. The minimum atomic E-state index is -3.03. The van der Waals surface area contributed by atoms with Crippen molar-refractivity contribution in [2.45, 2.75) is 3.93 Å². The zero-order valence-corrected chi connectivity index (χ0v) is 12.0. The van der Waals surface area contributed by atoms with E-state index in [-0.39, 0.29) is 9.75 Å². The van der Waals surface area contributed by atoms with Crippen molar-refractivity contribution < 1.29 is 13.6 Å². The minimum Gasteiger partial charge on any atom is -0.365 e. The second kappa shape index (κ2) is 4.93. The van der Waals surface area contributed by atoms with E-state index in [9.17, 15) is 13.6 Å². The van der Waals surface area contributed by atoms with Gasteiger partial charge in [-0.3, -0.25) is 4.79 Å². The summed E-state index contributed by atoms with van der Waals surface area (Å²) in [6.07, 6.45) is 0. The number of halogens is 3. The lowest BCUT2D eigenvalue weighted by molar-refractivity contribution is 0.100. The van der Waals surface area contributed by atoms with Crippen LogP contribution < -0.4 is 5.73 Å². The molecule has 0 aliphatic heterocycles. The third-order valence-corrected chi connectivity index (χ3v) is 4.44. The highest BCUT2D eigenvalue weighted by atomic mass is 127. The van der Waals surface area contributed by atoms with Crippen LogP contribution >= 0.6 is 33.9 Å². The Morgan fingerprint density at radius 2 is 1.89 bits per heavy atom. The Hall–Kier alpha value is -1.02. The van der Waals surface area contributed by atoms with Crippen molar-refractivity contribution >= 4 is 39.8 Å². The zero-order valence-electron chi connectivity index (χ0n) is 8.99. The SMILES string of the molecule is NC(=O)c1cc(-c2ccccc2)c(C(F)(F)I)s1. The van der Waals surface area contributed by atoms with Gasteiger partial charge in [0, 0.05) is 28.2 Å². The third-order valence-electron chi connectivity index (χ3n) is 2.32. The second-order valence-corrected chi connectivity index (χ2v) is 5.99. The maximum Gasteiger partial charge on any atom is 0.331 e. The van der Waals surface area contributed by atoms with Crippen molar-refractivity contribution in [1.29, 1.82) is 0 Å². The molecule has 1 heterocycles. The molecule has 2 N–H and O–H groups in total. The molecule has 0 bridgehead atoms.